The van der Waals surface area contributed by atoms with E-state index in [-0.39, 0.29) is 24.8 Å². The number of carbonyl (C=O) groups excluding carboxylic acids is 1. The number of nitrogens with one attached hydrogen (secondary N) is 1. The molecule has 0 spiro atoms. The number of aromatic nitrogens is 2. The number of alkyl halides is 3. The Morgan fingerprint density at radius 3 is 2.73 bits per heavy atom. The van der Waals surface area contributed by atoms with Gasteiger partial charge in [0, 0.05) is 11.6 Å². The van der Waals surface area contributed by atoms with Gasteiger partial charge in [0.2, 0.25) is 0 Å². The molecule has 0 unspecified atom stereocenters. The van der Waals surface area contributed by atoms with Crippen LogP contribution in [0.2, 0.25) is 0 Å². The van der Waals surface area contributed by atoms with Crippen molar-refractivity contribution in [3.05, 3.63) is 30.3 Å². The van der Waals surface area contributed by atoms with Crippen LogP contribution in [0.3, 0.4) is 0 Å². The maximum atomic E-state index is 12.8. The van der Waals surface area contributed by atoms with E-state index in [1.165, 1.54) is 0 Å². The molecule has 1 aliphatic rings. The maximum absolute atomic E-state index is 12.8. The average molecular weight is 369 g/mol. The summed E-state index contributed by atoms with van der Waals surface area (Å²) < 4.78 is 48.8. The number of amides is 1. The van der Waals surface area contributed by atoms with E-state index in [1.54, 1.807) is 12.1 Å². The molecule has 1 N–H and O–H groups in total. The average Bonchev–Trinajstić information content (AvgIpc) is 3.09. The molecule has 6 nitrogen and oxygen atoms in total. The third kappa shape index (κ3) is 4.74. The van der Waals surface area contributed by atoms with Crippen molar-refractivity contribution in [1.82, 2.24) is 15.5 Å². The van der Waals surface area contributed by atoms with Gasteiger partial charge < -0.3 is 14.5 Å². The zero-order valence-electron chi connectivity index (χ0n) is 13.8. The van der Waals surface area contributed by atoms with Gasteiger partial charge in [-0.1, -0.05) is 29.7 Å². The number of benzene rings is 1. The lowest BCUT2D eigenvalue weighted by atomic mass is 9.85. The zero-order valence-corrected chi connectivity index (χ0v) is 13.8. The molecule has 1 aromatic heterocycles. The van der Waals surface area contributed by atoms with Crippen LogP contribution < -0.4 is 10.1 Å². The predicted molar refractivity (Wildman–Crippen MR) is 85.2 cm³/mol. The van der Waals surface area contributed by atoms with Crippen LogP contribution in [0.15, 0.2) is 34.7 Å². The van der Waals surface area contributed by atoms with Crippen molar-refractivity contribution in [3.8, 4) is 17.5 Å². The van der Waals surface area contributed by atoms with Gasteiger partial charge in [-0.3, -0.25) is 4.79 Å². The van der Waals surface area contributed by atoms with Crippen LogP contribution in [0, 0.1) is 5.92 Å². The number of rotatable bonds is 5. The molecule has 1 saturated carbocycles. The maximum Gasteiger partial charge on any atom is 0.415 e. The summed E-state index contributed by atoms with van der Waals surface area (Å²) in [6.07, 6.45) is -3.44. The van der Waals surface area contributed by atoms with Crippen LogP contribution in [0.5, 0.6) is 6.08 Å². The molecule has 2 aromatic rings. The van der Waals surface area contributed by atoms with E-state index >= 15 is 0 Å². The molecule has 0 bridgehead atoms. The van der Waals surface area contributed by atoms with Gasteiger partial charge in [0.15, 0.2) is 6.61 Å². The first-order chi connectivity index (χ1) is 12.4. The van der Waals surface area contributed by atoms with Crippen LogP contribution in [-0.4, -0.2) is 34.9 Å². The quantitative estimate of drug-likeness (QED) is 0.875. The molecule has 1 aliphatic carbocycles. The molecular weight excluding hydrogens is 351 g/mol. The van der Waals surface area contributed by atoms with Gasteiger partial charge in [-0.05, 0) is 31.4 Å². The van der Waals surface area contributed by atoms with Gasteiger partial charge in [0.25, 0.3) is 11.8 Å². The van der Waals surface area contributed by atoms with Crippen molar-refractivity contribution in [2.24, 2.45) is 5.92 Å². The fraction of sp³-hybridized carbons (Fsp3) is 0.471. The monoisotopic (exact) mass is 369 g/mol. The predicted octanol–water partition coefficient (Wildman–Crippen LogP) is 3.35. The minimum absolute atomic E-state index is 0.103. The van der Waals surface area contributed by atoms with Gasteiger partial charge in [-0.2, -0.15) is 13.2 Å². The van der Waals surface area contributed by atoms with E-state index < -0.39 is 30.7 Å². The van der Waals surface area contributed by atoms with Crippen molar-refractivity contribution in [1.29, 1.82) is 0 Å². The summed E-state index contributed by atoms with van der Waals surface area (Å²) in [5, 5.41) is 10.1. The Hall–Kier alpha value is -2.58. The van der Waals surface area contributed by atoms with Crippen molar-refractivity contribution >= 4 is 5.91 Å². The molecule has 2 atom stereocenters. The highest BCUT2D eigenvalue weighted by Gasteiger charge is 2.42. The summed E-state index contributed by atoms with van der Waals surface area (Å²) in [5.74, 6) is -1.63. The number of halogens is 3. The Balaban J connectivity index is 1.48. The lowest BCUT2D eigenvalue weighted by Gasteiger charge is -2.30. The molecule has 0 saturated heterocycles. The van der Waals surface area contributed by atoms with Crippen molar-refractivity contribution < 1.29 is 27.1 Å². The Kier molecular flexibility index (Phi) is 5.43. The Morgan fingerprint density at radius 1 is 1.23 bits per heavy atom. The van der Waals surface area contributed by atoms with Crippen molar-refractivity contribution in [2.75, 3.05) is 6.61 Å². The molecule has 1 heterocycles. The van der Waals surface area contributed by atoms with E-state index in [0.717, 1.165) is 0 Å². The van der Waals surface area contributed by atoms with Gasteiger partial charge in [0.05, 0.1) is 5.92 Å². The molecule has 26 heavy (non-hydrogen) atoms. The van der Waals surface area contributed by atoms with E-state index in [0.29, 0.717) is 18.4 Å². The van der Waals surface area contributed by atoms with Crippen LogP contribution in [0.25, 0.3) is 11.5 Å². The fourth-order valence-corrected chi connectivity index (χ4v) is 2.98. The minimum atomic E-state index is -4.22. The van der Waals surface area contributed by atoms with Crippen LogP contribution >= 0.6 is 0 Å². The first kappa shape index (κ1) is 18.2. The number of hydrogen-bond donors (Lipinski definition) is 1. The first-order valence-corrected chi connectivity index (χ1v) is 8.29. The lowest BCUT2D eigenvalue weighted by molar-refractivity contribution is -0.184. The highest BCUT2D eigenvalue weighted by Crippen LogP contribution is 2.37. The molecule has 1 fully saturated rings. The summed E-state index contributed by atoms with van der Waals surface area (Å²) in [4.78, 5) is 11.9. The summed E-state index contributed by atoms with van der Waals surface area (Å²) in [6, 6.07) is 8.52. The SMILES string of the molecule is O=C(COc1nnc(-c2ccccc2)o1)N[C@@H]1CCC[C@H](C(F)(F)F)C1. The highest BCUT2D eigenvalue weighted by atomic mass is 19.4. The number of nitrogens with zero attached hydrogens (tertiary/aromatic N) is 2. The third-order valence-electron chi connectivity index (χ3n) is 4.26. The van der Waals surface area contributed by atoms with Crippen LogP contribution in [0.1, 0.15) is 25.7 Å². The molecule has 9 heteroatoms. The van der Waals surface area contributed by atoms with Gasteiger partial charge in [-0.25, -0.2) is 0 Å². The molecular formula is C17H18F3N3O3. The summed E-state index contributed by atoms with van der Waals surface area (Å²) in [6.45, 7) is -0.399. The van der Waals surface area contributed by atoms with E-state index in [2.05, 4.69) is 15.5 Å². The molecule has 140 valence electrons. The largest absolute Gasteiger partial charge is 0.439 e. The Labute approximate surface area is 147 Å². The second-order valence-corrected chi connectivity index (χ2v) is 6.20. The van der Waals surface area contributed by atoms with E-state index in [9.17, 15) is 18.0 Å². The van der Waals surface area contributed by atoms with Crippen molar-refractivity contribution in [2.45, 2.75) is 37.9 Å². The van der Waals surface area contributed by atoms with E-state index in [4.69, 9.17) is 9.15 Å². The lowest BCUT2D eigenvalue weighted by Crippen LogP contribution is -2.43. The van der Waals surface area contributed by atoms with Gasteiger partial charge >= 0.3 is 12.3 Å². The minimum Gasteiger partial charge on any atom is -0.439 e. The van der Waals surface area contributed by atoms with Gasteiger partial charge in [-0.15, -0.1) is 5.10 Å². The number of carbonyl (C=O) groups is 1. The van der Waals surface area contributed by atoms with Crippen LogP contribution in [0.4, 0.5) is 13.2 Å². The second kappa shape index (κ2) is 7.76. The molecule has 3 rings (SSSR count). The standard InChI is InChI=1S/C17H18F3N3O3/c18-17(19,20)12-7-4-8-13(9-12)21-14(24)10-25-16-23-22-15(26-16)11-5-2-1-3-6-11/h1-3,5-6,12-13H,4,7-10H2,(H,21,24)/t12-,13+/m0/s1. The Bertz CT molecular complexity index is 734. The fourth-order valence-electron chi connectivity index (χ4n) is 2.98. The smallest absolute Gasteiger partial charge is 0.415 e. The highest BCUT2D eigenvalue weighted by molar-refractivity contribution is 5.77. The Morgan fingerprint density at radius 2 is 2.00 bits per heavy atom. The second-order valence-electron chi connectivity index (χ2n) is 6.20. The third-order valence-corrected chi connectivity index (χ3v) is 4.26. The topological polar surface area (TPSA) is 77.2 Å². The van der Waals surface area contributed by atoms with Crippen LogP contribution in [-0.2, 0) is 4.79 Å². The van der Waals surface area contributed by atoms with Crippen molar-refractivity contribution in [3.63, 3.8) is 0 Å². The molecule has 0 aliphatic heterocycles. The van der Waals surface area contributed by atoms with E-state index in [1.807, 2.05) is 18.2 Å². The summed E-state index contributed by atoms with van der Waals surface area (Å²) in [5.41, 5.74) is 0.708. The normalized spacial score (nSPS) is 20.6. The number of ether oxygens (including phenoxy) is 1. The first-order valence-electron chi connectivity index (χ1n) is 8.29. The molecule has 0 radical (unpaired) electrons. The van der Waals surface area contributed by atoms with Gasteiger partial charge in [0.1, 0.15) is 0 Å². The number of hydrogen-bond acceptors (Lipinski definition) is 5. The molecule has 1 aromatic carbocycles. The summed E-state index contributed by atoms with van der Waals surface area (Å²) >= 11 is 0. The molecule has 1 amide bonds. The zero-order chi connectivity index (χ0) is 18.6. The summed E-state index contributed by atoms with van der Waals surface area (Å²) in [7, 11) is 0.